The molecule has 100 valence electrons. The third-order valence-electron chi connectivity index (χ3n) is 3.10. The highest BCUT2D eigenvalue weighted by Gasteiger charge is 2.05. The van der Waals surface area contributed by atoms with Crippen LogP contribution in [-0.2, 0) is 6.61 Å². The molecule has 0 saturated heterocycles. The first-order chi connectivity index (χ1) is 9.74. The van der Waals surface area contributed by atoms with Crippen LogP contribution in [-0.4, -0.2) is 4.98 Å². The van der Waals surface area contributed by atoms with Crippen LogP contribution >= 0.6 is 15.9 Å². The van der Waals surface area contributed by atoms with E-state index in [9.17, 15) is 0 Å². The van der Waals surface area contributed by atoms with Crippen LogP contribution in [0.3, 0.4) is 0 Å². The van der Waals surface area contributed by atoms with Crippen LogP contribution in [0.4, 0.5) is 5.69 Å². The molecule has 4 heteroatoms. The number of ether oxygens (including phenoxy) is 1. The minimum Gasteiger partial charge on any atom is -0.488 e. The number of halogens is 1. The number of hydrogen-bond donors (Lipinski definition) is 1. The van der Waals surface area contributed by atoms with E-state index in [0.29, 0.717) is 6.61 Å². The summed E-state index contributed by atoms with van der Waals surface area (Å²) in [7, 11) is 0. The number of benzene rings is 2. The molecule has 0 saturated carbocycles. The molecular weight excluding hydrogens is 316 g/mol. The Morgan fingerprint density at radius 2 is 2.00 bits per heavy atom. The number of nitrogen functional groups attached to an aromatic ring is 1. The minimum atomic E-state index is 0.438. The second-order valence-corrected chi connectivity index (χ2v) is 5.37. The Bertz CT molecular complexity index is 753. The topological polar surface area (TPSA) is 48.1 Å². The van der Waals surface area contributed by atoms with Crippen molar-refractivity contribution in [2.24, 2.45) is 0 Å². The Hall–Kier alpha value is -2.07. The monoisotopic (exact) mass is 328 g/mol. The van der Waals surface area contributed by atoms with E-state index >= 15 is 0 Å². The zero-order chi connectivity index (χ0) is 13.9. The molecule has 0 aliphatic heterocycles. The molecule has 0 bridgehead atoms. The molecule has 3 aromatic rings. The zero-order valence-corrected chi connectivity index (χ0v) is 12.3. The molecule has 20 heavy (non-hydrogen) atoms. The number of fused-ring (bicyclic) bond motifs is 1. The summed E-state index contributed by atoms with van der Waals surface area (Å²) < 4.78 is 6.86. The Morgan fingerprint density at radius 3 is 2.85 bits per heavy atom. The summed E-state index contributed by atoms with van der Waals surface area (Å²) in [5.41, 5.74) is 8.59. The van der Waals surface area contributed by atoms with Crippen molar-refractivity contribution >= 4 is 32.5 Å². The molecule has 0 radical (unpaired) electrons. The fraction of sp³-hybridized carbons (Fsp3) is 0.0625. The maximum atomic E-state index is 5.98. The van der Waals surface area contributed by atoms with Crippen molar-refractivity contribution in [3.05, 3.63) is 64.8 Å². The average molecular weight is 329 g/mol. The molecule has 3 nitrogen and oxygen atoms in total. The highest BCUT2D eigenvalue weighted by atomic mass is 79.9. The first-order valence-electron chi connectivity index (χ1n) is 6.24. The van der Waals surface area contributed by atoms with Crippen molar-refractivity contribution < 1.29 is 4.74 Å². The van der Waals surface area contributed by atoms with Crippen LogP contribution in [0.2, 0.25) is 0 Å². The summed E-state index contributed by atoms with van der Waals surface area (Å²) in [6.45, 7) is 0.438. The molecule has 0 aliphatic rings. The Morgan fingerprint density at radius 1 is 1.10 bits per heavy atom. The van der Waals surface area contributed by atoms with Crippen LogP contribution in [0.25, 0.3) is 10.9 Å². The standard InChI is InChI=1S/C16H13BrN2O/c17-12-7-6-11(14(18)9-12)10-20-16-5-1-4-15-13(16)3-2-8-19-15/h1-9H,10,18H2. The first-order valence-corrected chi connectivity index (χ1v) is 7.04. The van der Waals surface area contributed by atoms with E-state index in [0.717, 1.165) is 32.4 Å². The molecule has 0 atom stereocenters. The van der Waals surface area contributed by atoms with Gasteiger partial charge in [-0.2, -0.15) is 0 Å². The maximum absolute atomic E-state index is 5.98. The summed E-state index contributed by atoms with van der Waals surface area (Å²) in [5.74, 6) is 0.818. The molecule has 3 rings (SSSR count). The van der Waals surface area contributed by atoms with Gasteiger partial charge in [0.05, 0.1) is 5.52 Å². The van der Waals surface area contributed by atoms with Crippen LogP contribution in [0, 0.1) is 0 Å². The largest absolute Gasteiger partial charge is 0.488 e. The quantitative estimate of drug-likeness (QED) is 0.734. The first kappa shape index (κ1) is 12.9. The van der Waals surface area contributed by atoms with Gasteiger partial charge in [0.2, 0.25) is 0 Å². The molecule has 0 fully saturated rings. The van der Waals surface area contributed by atoms with Crippen LogP contribution in [0.15, 0.2) is 59.2 Å². The lowest BCUT2D eigenvalue weighted by Gasteiger charge is -2.10. The predicted octanol–water partition coefficient (Wildman–Crippen LogP) is 4.16. The number of anilines is 1. The molecule has 0 unspecified atom stereocenters. The van der Waals surface area contributed by atoms with Gasteiger partial charge < -0.3 is 10.5 Å². The van der Waals surface area contributed by atoms with Gasteiger partial charge in [-0.1, -0.05) is 28.1 Å². The third kappa shape index (κ3) is 2.60. The molecule has 0 amide bonds. The number of pyridine rings is 1. The maximum Gasteiger partial charge on any atom is 0.129 e. The average Bonchev–Trinajstić information content (AvgIpc) is 2.46. The van der Waals surface area contributed by atoms with Gasteiger partial charge in [0.1, 0.15) is 12.4 Å². The van der Waals surface area contributed by atoms with E-state index in [2.05, 4.69) is 20.9 Å². The molecule has 0 aliphatic carbocycles. The summed E-state index contributed by atoms with van der Waals surface area (Å²) >= 11 is 3.40. The minimum absolute atomic E-state index is 0.438. The van der Waals surface area contributed by atoms with Crippen molar-refractivity contribution in [2.75, 3.05) is 5.73 Å². The van der Waals surface area contributed by atoms with Crippen LogP contribution in [0.5, 0.6) is 5.75 Å². The van der Waals surface area contributed by atoms with Crippen molar-refractivity contribution in [3.63, 3.8) is 0 Å². The smallest absolute Gasteiger partial charge is 0.129 e. The number of nitrogens with two attached hydrogens (primary N) is 1. The number of hydrogen-bond acceptors (Lipinski definition) is 3. The molecule has 1 heterocycles. The van der Waals surface area contributed by atoms with Gasteiger partial charge in [0, 0.05) is 27.3 Å². The van der Waals surface area contributed by atoms with Crippen LogP contribution in [0.1, 0.15) is 5.56 Å². The Balaban J connectivity index is 1.87. The molecule has 2 N–H and O–H groups in total. The van der Waals surface area contributed by atoms with E-state index in [1.165, 1.54) is 0 Å². The summed E-state index contributed by atoms with van der Waals surface area (Å²) in [4.78, 5) is 4.32. The summed E-state index contributed by atoms with van der Waals surface area (Å²) in [6, 6.07) is 15.6. The highest BCUT2D eigenvalue weighted by Crippen LogP contribution is 2.26. The van der Waals surface area contributed by atoms with Gasteiger partial charge in [-0.25, -0.2) is 0 Å². The van der Waals surface area contributed by atoms with Crippen molar-refractivity contribution in [3.8, 4) is 5.75 Å². The number of aromatic nitrogens is 1. The van der Waals surface area contributed by atoms with E-state index in [4.69, 9.17) is 10.5 Å². The SMILES string of the molecule is Nc1cc(Br)ccc1COc1cccc2ncccc12. The van der Waals surface area contributed by atoms with Crippen molar-refractivity contribution in [2.45, 2.75) is 6.61 Å². The summed E-state index contributed by atoms with van der Waals surface area (Å²) in [6.07, 6.45) is 1.78. The van der Waals surface area contributed by atoms with Crippen LogP contribution < -0.4 is 10.5 Å². The van der Waals surface area contributed by atoms with E-state index in [1.807, 2.05) is 48.5 Å². The molecule has 2 aromatic carbocycles. The van der Waals surface area contributed by atoms with Gasteiger partial charge in [0.15, 0.2) is 0 Å². The Labute approximate surface area is 125 Å². The van der Waals surface area contributed by atoms with Crippen molar-refractivity contribution in [1.82, 2.24) is 4.98 Å². The van der Waals surface area contributed by atoms with Gasteiger partial charge in [-0.3, -0.25) is 4.98 Å². The van der Waals surface area contributed by atoms with E-state index < -0.39 is 0 Å². The number of nitrogens with zero attached hydrogens (tertiary/aromatic N) is 1. The second kappa shape index (κ2) is 5.51. The van der Waals surface area contributed by atoms with Gasteiger partial charge in [-0.05, 0) is 36.4 Å². The highest BCUT2D eigenvalue weighted by molar-refractivity contribution is 9.10. The van der Waals surface area contributed by atoms with Gasteiger partial charge >= 0.3 is 0 Å². The lowest BCUT2D eigenvalue weighted by molar-refractivity contribution is 0.310. The molecular formula is C16H13BrN2O. The van der Waals surface area contributed by atoms with Crippen molar-refractivity contribution in [1.29, 1.82) is 0 Å². The zero-order valence-electron chi connectivity index (χ0n) is 10.7. The lowest BCUT2D eigenvalue weighted by Crippen LogP contribution is -2.00. The number of rotatable bonds is 3. The van der Waals surface area contributed by atoms with E-state index in [-0.39, 0.29) is 0 Å². The van der Waals surface area contributed by atoms with E-state index in [1.54, 1.807) is 6.20 Å². The second-order valence-electron chi connectivity index (χ2n) is 4.46. The third-order valence-corrected chi connectivity index (χ3v) is 3.59. The normalized spacial score (nSPS) is 10.7. The predicted molar refractivity (Wildman–Crippen MR) is 84.6 cm³/mol. The summed E-state index contributed by atoms with van der Waals surface area (Å²) in [5, 5.41) is 1.01. The fourth-order valence-corrected chi connectivity index (χ4v) is 2.43. The fourth-order valence-electron chi connectivity index (χ4n) is 2.05. The molecule has 1 aromatic heterocycles. The Kier molecular flexibility index (Phi) is 3.56. The van der Waals surface area contributed by atoms with Gasteiger partial charge in [-0.15, -0.1) is 0 Å². The lowest BCUT2D eigenvalue weighted by atomic mass is 10.2. The van der Waals surface area contributed by atoms with Gasteiger partial charge in [0.25, 0.3) is 0 Å². The molecule has 0 spiro atoms.